The van der Waals surface area contributed by atoms with Crippen molar-refractivity contribution in [2.75, 3.05) is 6.61 Å². The number of carboxylic acid groups (broad SMARTS) is 1. The van der Waals surface area contributed by atoms with Gasteiger partial charge >= 0.3 is 11.8 Å². The van der Waals surface area contributed by atoms with Crippen LogP contribution in [0.4, 0.5) is 9.18 Å². The molecule has 1 aromatic heterocycles. The van der Waals surface area contributed by atoms with Gasteiger partial charge in [0.05, 0.1) is 12.3 Å². The number of hydrogen-bond acceptors (Lipinski definition) is 6. The van der Waals surface area contributed by atoms with Gasteiger partial charge in [0.15, 0.2) is 17.5 Å². The summed E-state index contributed by atoms with van der Waals surface area (Å²) in [6.07, 6.45) is -5.83. The van der Waals surface area contributed by atoms with Gasteiger partial charge in [-0.1, -0.05) is 0 Å². The first-order chi connectivity index (χ1) is 11.3. The lowest BCUT2D eigenvalue weighted by atomic mass is 10.1. The lowest BCUT2D eigenvalue weighted by molar-refractivity contribution is -0.0380. The number of nitrogens with zero attached hydrogens (tertiary/aromatic N) is 3. The summed E-state index contributed by atoms with van der Waals surface area (Å²) in [5.74, 6) is -1.12. The number of carbonyl (C=O) groups is 1. The van der Waals surface area contributed by atoms with Gasteiger partial charge in [0.2, 0.25) is 0 Å². The van der Waals surface area contributed by atoms with Crippen molar-refractivity contribution in [1.29, 1.82) is 0 Å². The Morgan fingerprint density at radius 3 is 2.62 bits per heavy atom. The second-order valence-electron chi connectivity index (χ2n) is 5.15. The van der Waals surface area contributed by atoms with Crippen LogP contribution >= 0.6 is 0 Å². The molecule has 11 heteroatoms. The second kappa shape index (κ2) is 7.21. The van der Waals surface area contributed by atoms with E-state index in [1.165, 1.54) is 6.92 Å². The molecule has 0 aromatic carbocycles. The Labute approximate surface area is 135 Å². The largest absolute Gasteiger partial charge is 0.463 e. The summed E-state index contributed by atoms with van der Waals surface area (Å²) in [7, 11) is 0. The molecule has 1 fully saturated rings. The van der Waals surface area contributed by atoms with Gasteiger partial charge in [0.1, 0.15) is 18.9 Å². The maximum atomic E-state index is 14.3. The second-order valence-corrected chi connectivity index (χ2v) is 5.15. The molecule has 10 nitrogen and oxygen atoms in total. The molecule has 1 aliphatic heterocycles. The topological polar surface area (TPSA) is 136 Å². The molecule has 0 aliphatic carbocycles. The molecular formula is C13H18FN3O7. The fourth-order valence-corrected chi connectivity index (χ4v) is 2.34. The Hall–Kier alpha value is -2.08. The average Bonchev–Trinajstić information content (AvgIpc) is 2.77. The van der Waals surface area contributed by atoms with Gasteiger partial charge in [-0.2, -0.15) is 4.99 Å². The highest BCUT2D eigenvalue weighted by Gasteiger charge is 2.42. The predicted molar refractivity (Wildman–Crippen MR) is 75.5 cm³/mol. The van der Waals surface area contributed by atoms with Crippen LogP contribution in [0.1, 0.15) is 20.1 Å². The van der Waals surface area contributed by atoms with Crippen molar-refractivity contribution in [3.63, 3.8) is 0 Å². The first kappa shape index (κ1) is 18.3. The maximum absolute atomic E-state index is 14.3. The minimum atomic E-state index is -1.68. The van der Waals surface area contributed by atoms with Crippen LogP contribution in [0.15, 0.2) is 16.0 Å². The molecule has 1 amide bonds. The standard InChI is InChI=1S/C13H18FN3O7/c1-3-23-5-17-10(15-12(20)21)7(14)4-16(13(17)22)11-9(19)8(18)6(2)24-11/h4,6,8-9,11,18-19H,3,5H2,1-2H3,(H,20,21)/t6-,8-,9-,11-/m1/s1. The number of rotatable bonds is 4. The fraction of sp³-hybridized carbons (Fsp3) is 0.615. The summed E-state index contributed by atoms with van der Waals surface area (Å²) in [6, 6.07) is 0. The lowest BCUT2D eigenvalue weighted by Gasteiger charge is -2.19. The first-order valence-corrected chi connectivity index (χ1v) is 7.16. The first-order valence-electron chi connectivity index (χ1n) is 7.16. The SMILES string of the molecule is CCOCn1c(=NC(=O)O)c(F)cn([C@@H]2O[C@H](C)[C@@H](O)[C@H]2O)c1=O. The Balaban J connectivity index is 2.62. The minimum Gasteiger partial charge on any atom is -0.463 e. The van der Waals surface area contributed by atoms with E-state index < -0.39 is 54.4 Å². The molecule has 4 atom stereocenters. The highest BCUT2D eigenvalue weighted by atomic mass is 19.1. The molecule has 1 aromatic rings. The van der Waals surface area contributed by atoms with Gasteiger partial charge in [-0.15, -0.1) is 0 Å². The van der Waals surface area contributed by atoms with Gasteiger partial charge in [-0.25, -0.2) is 14.0 Å². The quantitative estimate of drug-likeness (QED) is 0.636. The van der Waals surface area contributed by atoms with Crippen molar-refractivity contribution in [3.8, 4) is 0 Å². The highest BCUT2D eigenvalue weighted by molar-refractivity contribution is 5.65. The van der Waals surface area contributed by atoms with E-state index in [4.69, 9.17) is 14.6 Å². The summed E-state index contributed by atoms with van der Waals surface area (Å²) in [5.41, 5.74) is -1.63. The van der Waals surface area contributed by atoms with Gasteiger partial charge in [-0.05, 0) is 13.8 Å². The van der Waals surface area contributed by atoms with Crippen LogP contribution in [0.5, 0.6) is 0 Å². The van der Waals surface area contributed by atoms with Gasteiger partial charge in [-0.3, -0.25) is 9.13 Å². The number of aromatic nitrogens is 2. The Bertz CT molecular complexity index is 744. The van der Waals surface area contributed by atoms with E-state index in [0.717, 1.165) is 4.57 Å². The molecule has 0 radical (unpaired) electrons. The number of ether oxygens (including phenoxy) is 2. The van der Waals surface area contributed by atoms with Crippen molar-refractivity contribution in [2.45, 2.75) is 45.1 Å². The smallest absolute Gasteiger partial charge is 0.433 e. The minimum absolute atomic E-state index is 0.188. The molecule has 1 saturated heterocycles. The van der Waals surface area contributed by atoms with Crippen molar-refractivity contribution >= 4 is 6.09 Å². The van der Waals surface area contributed by atoms with Gasteiger partial charge in [0, 0.05) is 6.61 Å². The molecule has 0 saturated carbocycles. The number of hydrogen-bond donors (Lipinski definition) is 3. The monoisotopic (exact) mass is 347 g/mol. The van der Waals surface area contributed by atoms with Crippen molar-refractivity contribution in [1.82, 2.24) is 9.13 Å². The molecule has 0 unspecified atom stereocenters. The van der Waals surface area contributed by atoms with E-state index in [9.17, 15) is 24.2 Å². The van der Waals surface area contributed by atoms with Crippen LogP contribution in [0.3, 0.4) is 0 Å². The van der Waals surface area contributed by atoms with E-state index in [1.54, 1.807) is 6.92 Å². The summed E-state index contributed by atoms with van der Waals surface area (Å²) < 4.78 is 26.0. The van der Waals surface area contributed by atoms with E-state index in [1.807, 2.05) is 0 Å². The average molecular weight is 347 g/mol. The van der Waals surface area contributed by atoms with Crippen LogP contribution < -0.4 is 11.2 Å². The van der Waals surface area contributed by atoms with E-state index in [-0.39, 0.29) is 6.61 Å². The molecule has 0 bridgehead atoms. The zero-order valence-electron chi connectivity index (χ0n) is 13.0. The van der Waals surface area contributed by atoms with Crippen molar-refractivity contribution in [3.05, 3.63) is 28.0 Å². The molecule has 2 heterocycles. The molecule has 134 valence electrons. The van der Waals surface area contributed by atoms with Gasteiger partial charge < -0.3 is 24.8 Å². The third-order valence-corrected chi connectivity index (χ3v) is 3.55. The number of aliphatic hydroxyl groups is 2. The highest BCUT2D eigenvalue weighted by Crippen LogP contribution is 2.27. The van der Waals surface area contributed by atoms with Crippen molar-refractivity contribution < 1.29 is 34.0 Å². The third-order valence-electron chi connectivity index (χ3n) is 3.55. The van der Waals surface area contributed by atoms with Crippen LogP contribution in [0, 0.1) is 5.82 Å². The summed E-state index contributed by atoms with van der Waals surface area (Å²) in [4.78, 5) is 26.3. The Kier molecular flexibility index (Phi) is 5.49. The molecule has 1 aliphatic rings. The predicted octanol–water partition coefficient (Wildman–Crippen LogP) is -0.999. The Morgan fingerprint density at radius 1 is 1.46 bits per heavy atom. The summed E-state index contributed by atoms with van der Waals surface area (Å²) >= 11 is 0. The van der Waals surface area contributed by atoms with Gasteiger partial charge in [0.25, 0.3) is 0 Å². The van der Waals surface area contributed by atoms with Crippen LogP contribution in [0.2, 0.25) is 0 Å². The van der Waals surface area contributed by atoms with E-state index >= 15 is 0 Å². The fourth-order valence-electron chi connectivity index (χ4n) is 2.34. The summed E-state index contributed by atoms with van der Waals surface area (Å²) in [5, 5.41) is 28.4. The molecular weight excluding hydrogens is 329 g/mol. The van der Waals surface area contributed by atoms with E-state index in [2.05, 4.69) is 4.99 Å². The zero-order chi connectivity index (χ0) is 18.0. The molecule has 24 heavy (non-hydrogen) atoms. The molecule has 3 N–H and O–H groups in total. The number of aliphatic hydroxyl groups excluding tert-OH is 2. The maximum Gasteiger partial charge on any atom is 0.433 e. The number of amides is 1. The van der Waals surface area contributed by atoms with Crippen LogP contribution in [0.25, 0.3) is 0 Å². The third kappa shape index (κ3) is 3.38. The molecule has 0 spiro atoms. The van der Waals surface area contributed by atoms with Crippen LogP contribution in [-0.2, 0) is 16.2 Å². The normalized spacial score (nSPS) is 27.6. The lowest BCUT2D eigenvalue weighted by Crippen LogP contribution is -2.45. The van der Waals surface area contributed by atoms with Crippen molar-refractivity contribution in [2.24, 2.45) is 4.99 Å². The molecule has 2 rings (SSSR count). The summed E-state index contributed by atoms with van der Waals surface area (Å²) in [6.45, 7) is 2.86. The van der Waals surface area contributed by atoms with E-state index in [0.29, 0.717) is 10.8 Å². The zero-order valence-corrected chi connectivity index (χ0v) is 13.0. The Morgan fingerprint density at radius 2 is 2.12 bits per heavy atom. The number of halogens is 1. The van der Waals surface area contributed by atoms with Crippen LogP contribution in [-0.4, -0.2) is 55.5 Å².